The third-order valence-corrected chi connectivity index (χ3v) is 4.48. The summed E-state index contributed by atoms with van der Waals surface area (Å²) in [7, 11) is 3.56. The zero-order valence-corrected chi connectivity index (χ0v) is 13.0. The predicted octanol–water partition coefficient (Wildman–Crippen LogP) is 0.864. The van der Waals surface area contributed by atoms with Gasteiger partial charge in [0.25, 0.3) is 0 Å². The van der Waals surface area contributed by atoms with Crippen LogP contribution < -0.4 is 0 Å². The number of thioether (sulfide) groups is 1. The van der Waals surface area contributed by atoms with E-state index < -0.39 is 5.97 Å². The largest absolute Gasteiger partial charge is 0.481 e. The number of nitrogens with zero attached hydrogens (tertiary/aromatic N) is 4. The molecule has 8 heteroatoms. The Morgan fingerprint density at radius 2 is 2.33 bits per heavy atom. The minimum atomic E-state index is -0.866. The van der Waals surface area contributed by atoms with E-state index in [-0.39, 0.29) is 18.5 Å². The molecule has 1 atom stereocenters. The van der Waals surface area contributed by atoms with Crippen LogP contribution in [0.3, 0.4) is 0 Å². The first-order valence-corrected chi connectivity index (χ1v) is 7.91. The second kappa shape index (κ2) is 6.84. The van der Waals surface area contributed by atoms with E-state index in [1.54, 1.807) is 39.5 Å². The van der Waals surface area contributed by atoms with Gasteiger partial charge in [0, 0.05) is 43.9 Å². The lowest BCUT2D eigenvalue weighted by atomic mass is 10.2. The highest BCUT2D eigenvalue weighted by Crippen LogP contribution is 2.20. The Labute approximate surface area is 127 Å². The number of carboxylic acids is 1. The van der Waals surface area contributed by atoms with Gasteiger partial charge in [0.1, 0.15) is 0 Å². The number of carboxylic acid groups (broad SMARTS) is 1. The number of carbonyl (C=O) groups is 2. The minimum Gasteiger partial charge on any atom is -0.481 e. The van der Waals surface area contributed by atoms with Crippen LogP contribution >= 0.6 is 11.8 Å². The average molecular weight is 312 g/mol. The summed E-state index contributed by atoms with van der Waals surface area (Å²) in [5.41, 5.74) is 0.953. The molecule has 1 N–H and O–H groups in total. The molecule has 2 rings (SSSR count). The maximum Gasteiger partial charge on any atom is 0.320 e. The molecule has 1 saturated heterocycles. The summed E-state index contributed by atoms with van der Waals surface area (Å²) in [6, 6.07) is -0.351. The van der Waals surface area contributed by atoms with Crippen molar-refractivity contribution >= 4 is 23.8 Å². The van der Waals surface area contributed by atoms with E-state index >= 15 is 0 Å². The highest BCUT2D eigenvalue weighted by atomic mass is 32.2. The lowest BCUT2D eigenvalue weighted by Gasteiger charge is -2.37. The van der Waals surface area contributed by atoms with Crippen molar-refractivity contribution < 1.29 is 14.7 Å². The van der Waals surface area contributed by atoms with Crippen LogP contribution in [0.2, 0.25) is 0 Å². The zero-order valence-electron chi connectivity index (χ0n) is 12.2. The Morgan fingerprint density at radius 3 is 2.95 bits per heavy atom. The molecule has 0 saturated carbocycles. The number of aromatic nitrogens is 2. The number of hydrogen-bond donors (Lipinski definition) is 1. The Balaban J connectivity index is 2.00. The van der Waals surface area contributed by atoms with Crippen LogP contribution in [-0.2, 0) is 18.4 Å². The molecule has 1 unspecified atom stereocenters. The van der Waals surface area contributed by atoms with Crippen molar-refractivity contribution in [1.29, 1.82) is 0 Å². The third-order valence-electron chi connectivity index (χ3n) is 3.39. The molecule has 2 amide bonds. The summed E-state index contributed by atoms with van der Waals surface area (Å²) in [6.45, 7) is 1.06. The Kier molecular flexibility index (Phi) is 5.11. The lowest BCUT2D eigenvalue weighted by Crippen LogP contribution is -2.51. The van der Waals surface area contributed by atoms with Gasteiger partial charge in [-0.25, -0.2) is 4.79 Å². The van der Waals surface area contributed by atoms with E-state index in [1.807, 2.05) is 13.2 Å². The summed E-state index contributed by atoms with van der Waals surface area (Å²) in [6.07, 6.45) is 3.59. The van der Waals surface area contributed by atoms with E-state index in [9.17, 15) is 9.59 Å². The summed E-state index contributed by atoms with van der Waals surface area (Å²) in [5, 5.41) is 13.0. The first kappa shape index (κ1) is 15.7. The van der Waals surface area contributed by atoms with Crippen molar-refractivity contribution in [2.75, 3.05) is 25.1 Å². The van der Waals surface area contributed by atoms with Gasteiger partial charge in [0.2, 0.25) is 0 Å². The molecule has 0 aliphatic carbocycles. The Bertz CT molecular complexity index is 519. The summed E-state index contributed by atoms with van der Waals surface area (Å²) in [4.78, 5) is 26.7. The van der Waals surface area contributed by atoms with Crippen LogP contribution in [0.25, 0.3) is 0 Å². The molecule has 1 aromatic heterocycles. The van der Waals surface area contributed by atoms with Crippen molar-refractivity contribution in [3.05, 3.63) is 18.0 Å². The minimum absolute atomic E-state index is 0.000523. The van der Waals surface area contributed by atoms with Crippen LogP contribution in [0.15, 0.2) is 12.4 Å². The second-order valence-corrected chi connectivity index (χ2v) is 6.33. The zero-order chi connectivity index (χ0) is 15.4. The number of carbonyl (C=O) groups excluding carboxylic acids is 1. The summed E-state index contributed by atoms with van der Waals surface area (Å²) >= 11 is 1.70. The fourth-order valence-electron chi connectivity index (χ4n) is 2.39. The average Bonchev–Trinajstić information content (AvgIpc) is 2.83. The molecule has 1 aliphatic heterocycles. The highest BCUT2D eigenvalue weighted by molar-refractivity contribution is 7.99. The van der Waals surface area contributed by atoms with Gasteiger partial charge < -0.3 is 14.9 Å². The predicted molar refractivity (Wildman–Crippen MR) is 80.1 cm³/mol. The van der Waals surface area contributed by atoms with Crippen molar-refractivity contribution in [1.82, 2.24) is 19.6 Å². The van der Waals surface area contributed by atoms with Crippen LogP contribution in [0, 0.1) is 0 Å². The van der Waals surface area contributed by atoms with Crippen LogP contribution in [0.5, 0.6) is 0 Å². The third kappa shape index (κ3) is 4.13. The topological polar surface area (TPSA) is 78.7 Å². The van der Waals surface area contributed by atoms with Crippen molar-refractivity contribution in [2.24, 2.45) is 7.05 Å². The van der Waals surface area contributed by atoms with Gasteiger partial charge >= 0.3 is 12.0 Å². The molecular weight excluding hydrogens is 292 g/mol. The van der Waals surface area contributed by atoms with Crippen LogP contribution in [-0.4, -0.2) is 67.8 Å². The number of urea groups is 1. The Hall–Kier alpha value is -1.70. The molecule has 1 aromatic rings. The molecule has 2 heterocycles. The van der Waals surface area contributed by atoms with Crippen LogP contribution in [0.1, 0.15) is 12.0 Å². The van der Waals surface area contributed by atoms with E-state index in [4.69, 9.17) is 5.11 Å². The SMILES string of the molecule is CN(Cc1cnn(C)c1)C(=O)N1CCSCC1CC(=O)O. The highest BCUT2D eigenvalue weighted by Gasteiger charge is 2.30. The molecule has 21 heavy (non-hydrogen) atoms. The van der Waals surface area contributed by atoms with Gasteiger partial charge in [-0.05, 0) is 0 Å². The quantitative estimate of drug-likeness (QED) is 0.892. The Morgan fingerprint density at radius 1 is 1.57 bits per heavy atom. The van der Waals surface area contributed by atoms with Gasteiger partial charge in [-0.15, -0.1) is 0 Å². The maximum atomic E-state index is 12.5. The van der Waals surface area contributed by atoms with E-state index in [1.165, 1.54) is 0 Å². The van der Waals surface area contributed by atoms with E-state index in [0.29, 0.717) is 18.8 Å². The van der Waals surface area contributed by atoms with Crippen molar-refractivity contribution in [3.63, 3.8) is 0 Å². The maximum absolute atomic E-state index is 12.5. The van der Waals surface area contributed by atoms with Gasteiger partial charge in [-0.1, -0.05) is 0 Å². The summed E-state index contributed by atoms with van der Waals surface area (Å²) in [5.74, 6) is 0.664. The lowest BCUT2D eigenvalue weighted by molar-refractivity contribution is -0.138. The smallest absolute Gasteiger partial charge is 0.320 e. The molecule has 1 aliphatic rings. The molecule has 116 valence electrons. The fourth-order valence-corrected chi connectivity index (χ4v) is 3.45. The molecule has 0 spiro atoms. The normalized spacial score (nSPS) is 18.6. The van der Waals surface area contributed by atoms with Crippen molar-refractivity contribution in [2.45, 2.75) is 19.0 Å². The first-order chi connectivity index (χ1) is 9.97. The number of rotatable bonds is 4. The molecule has 7 nitrogen and oxygen atoms in total. The van der Waals surface area contributed by atoms with Crippen LogP contribution in [0.4, 0.5) is 4.79 Å². The summed E-state index contributed by atoms with van der Waals surface area (Å²) < 4.78 is 1.69. The molecule has 0 bridgehead atoms. The molecule has 0 aromatic carbocycles. The molecular formula is C13H20N4O3S. The van der Waals surface area contributed by atoms with E-state index in [2.05, 4.69) is 5.10 Å². The van der Waals surface area contributed by atoms with Gasteiger partial charge in [-0.3, -0.25) is 9.48 Å². The van der Waals surface area contributed by atoms with Crippen molar-refractivity contribution in [3.8, 4) is 0 Å². The van der Waals surface area contributed by atoms with Gasteiger partial charge in [0.15, 0.2) is 0 Å². The van der Waals surface area contributed by atoms with Gasteiger partial charge in [-0.2, -0.15) is 16.9 Å². The second-order valence-electron chi connectivity index (χ2n) is 5.18. The molecule has 0 radical (unpaired) electrons. The number of aryl methyl sites for hydroxylation is 1. The van der Waals surface area contributed by atoms with E-state index in [0.717, 1.165) is 11.3 Å². The van der Waals surface area contributed by atoms with Gasteiger partial charge in [0.05, 0.1) is 25.2 Å². The molecule has 1 fully saturated rings. The standard InChI is InChI=1S/C13H20N4O3S/c1-15(7-10-6-14-16(2)8-10)13(20)17-3-4-21-9-11(17)5-12(18)19/h6,8,11H,3-5,7,9H2,1-2H3,(H,18,19). The monoisotopic (exact) mass is 312 g/mol. The first-order valence-electron chi connectivity index (χ1n) is 6.76. The number of amides is 2. The number of hydrogen-bond acceptors (Lipinski definition) is 4. The fraction of sp³-hybridized carbons (Fsp3) is 0.615. The number of aliphatic carboxylic acids is 1.